The van der Waals surface area contributed by atoms with Crippen LogP contribution in [0.3, 0.4) is 0 Å². The molecule has 1 aliphatic rings. The summed E-state index contributed by atoms with van der Waals surface area (Å²) in [6.07, 6.45) is -4.24. The number of hydrogen-bond acceptors (Lipinski definition) is 5. The molecule has 0 saturated carbocycles. The summed E-state index contributed by atoms with van der Waals surface area (Å²) < 4.78 is 126. The van der Waals surface area contributed by atoms with Gasteiger partial charge in [-0.2, -0.15) is 22.0 Å². The highest BCUT2D eigenvalue weighted by atomic mass is 32.2. The van der Waals surface area contributed by atoms with Gasteiger partial charge in [-0.3, -0.25) is 0 Å². The third-order valence-corrected chi connectivity index (χ3v) is 7.70. The Bertz CT molecular complexity index is 1770. The van der Waals surface area contributed by atoms with Crippen molar-refractivity contribution < 1.29 is 53.6 Å². The van der Waals surface area contributed by atoms with E-state index < -0.39 is 64.1 Å². The Morgan fingerprint density at radius 1 is 0.804 bits per heavy atom. The molecular formula is C33H24F8O4S. The summed E-state index contributed by atoms with van der Waals surface area (Å²) in [6.45, 7) is 5.29. The summed E-state index contributed by atoms with van der Waals surface area (Å²) in [5.41, 5.74) is 0.433. The second-order valence-electron chi connectivity index (χ2n) is 11.3. The van der Waals surface area contributed by atoms with Crippen molar-refractivity contribution in [2.24, 2.45) is 0 Å². The van der Waals surface area contributed by atoms with Crippen molar-refractivity contribution in [2.75, 3.05) is 6.61 Å². The van der Waals surface area contributed by atoms with E-state index in [4.69, 9.17) is 13.7 Å². The zero-order chi connectivity index (χ0) is 33.6. The largest absolute Gasteiger partial charge is 0.493 e. The van der Waals surface area contributed by atoms with Gasteiger partial charge >= 0.3 is 12.1 Å². The Labute approximate surface area is 262 Å². The first kappa shape index (κ1) is 33.1. The lowest BCUT2D eigenvalue weighted by Gasteiger charge is -2.29. The van der Waals surface area contributed by atoms with Crippen LogP contribution in [-0.4, -0.2) is 18.2 Å². The predicted molar refractivity (Wildman–Crippen MR) is 153 cm³/mol. The molecule has 4 aromatic rings. The molecule has 0 aromatic heterocycles. The van der Waals surface area contributed by atoms with E-state index in [2.05, 4.69) is 0 Å². The van der Waals surface area contributed by atoms with Crippen molar-refractivity contribution in [3.05, 3.63) is 112 Å². The van der Waals surface area contributed by atoms with Gasteiger partial charge in [0.1, 0.15) is 11.4 Å². The van der Waals surface area contributed by atoms with Gasteiger partial charge in [-0.1, -0.05) is 24.3 Å². The van der Waals surface area contributed by atoms with E-state index >= 15 is 0 Å². The van der Waals surface area contributed by atoms with Crippen LogP contribution in [-0.2, 0) is 10.9 Å². The molecule has 0 fully saturated rings. The van der Waals surface area contributed by atoms with Crippen LogP contribution in [0.4, 0.5) is 35.1 Å². The van der Waals surface area contributed by atoms with Crippen LogP contribution in [0.25, 0.3) is 11.1 Å². The van der Waals surface area contributed by atoms with Crippen molar-refractivity contribution in [3.63, 3.8) is 0 Å². The van der Waals surface area contributed by atoms with Crippen LogP contribution < -0.4 is 8.92 Å². The first-order valence-electron chi connectivity index (χ1n) is 13.7. The maximum atomic E-state index is 14.0. The highest BCUT2D eigenvalue weighted by Gasteiger charge is 2.33. The normalized spacial score (nSPS) is 14.8. The number of halogens is 8. The maximum Gasteiger partial charge on any atom is 0.416 e. The number of carbonyl (C=O) groups excluding carboxylic acids is 1. The molecule has 0 N–H and O–H groups in total. The van der Waals surface area contributed by atoms with Gasteiger partial charge in [-0.05, 0) is 80.3 Å². The van der Waals surface area contributed by atoms with Crippen LogP contribution in [0.5, 0.6) is 11.5 Å². The van der Waals surface area contributed by atoms with Crippen molar-refractivity contribution in [1.82, 2.24) is 0 Å². The average Bonchev–Trinajstić information content (AvgIpc) is 3.01. The number of benzene rings is 4. The molecule has 1 unspecified atom stereocenters. The molecule has 0 aliphatic carbocycles. The van der Waals surface area contributed by atoms with Gasteiger partial charge < -0.3 is 13.7 Å². The van der Waals surface area contributed by atoms with E-state index in [1.807, 2.05) is 0 Å². The van der Waals surface area contributed by atoms with Gasteiger partial charge in [0.15, 0.2) is 0 Å². The zero-order valence-corrected chi connectivity index (χ0v) is 25.1. The summed E-state index contributed by atoms with van der Waals surface area (Å²) in [5.74, 6) is -13.1. The summed E-state index contributed by atoms with van der Waals surface area (Å²) in [7, 11) is 0. The van der Waals surface area contributed by atoms with Crippen LogP contribution in [0, 0.1) is 29.1 Å². The van der Waals surface area contributed by atoms with Crippen LogP contribution in [0.15, 0.2) is 65.6 Å². The van der Waals surface area contributed by atoms with Gasteiger partial charge in [0.2, 0.25) is 34.8 Å². The quantitative estimate of drug-likeness (QED) is 0.0673. The van der Waals surface area contributed by atoms with Gasteiger partial charge in [0.05, 0.1) is 34.7 Å². The minimum atomic E-state index is -4.63. The summed E-state index contributed by atoms with van der Waals surface area (Å²) in [5, 5.41) is 0. The van der Waals surface area contributed by atoms with E-state index in [1.165, 1.54) is 42.5 Å². The molecule has 4 nitrogen and oxygen atoms in total. The molecule has 1 aliphatic heterocycles. The van der Waals surface area contributed by atoms with E-state index in [0.717, 1.165) is 12.1 Å². The SMILES string of the molecule is CC(C)(C)OC(=O)c1ccc(-c2cc(C(F)(F)F)ccc2C2CCOc3cc(SOc4c(F)c(F)c(F)c(F)c4F)ccc32)cc1. The lowest BCUT2D eigenvalue weighted by Crippen LogP contribution is -2.23. The topological polar surface area (TPSA) is 44.8 Å². The average molecular weight is 669 g/mol. The van der Waals surface area contributed by atoms with Crippen molar-refractivity contribution >= 4 is 18.0 Å². The van der Waals surface area contributed by atoms with E-state index in [9.17, 15) is 39.9 Å². The Hall–Kier alpha value is -4.26. The number of hydrogen-bond donors (Lipinski definition) is 0. The summed E-state index contributed by atoms with van der Waals surface area (Å²) in [4.78, 5) is 12.7. The zero-order valence-electron chi connectivity index (χ0n) is 24.3. The smallest absolute Gasteiger partial charge is 0.416 e. The van der Waals surface area contributed by atoms with Crippen molar-refractivity contribution in [3.8, 4) is 22.6 Å². The second-order valence-corrected chi connectivity index (χ2v) is 12.1. The number of esters is 1. The Balaban J connectivity index is 1.47. The molecule has 0 bridgehead atoms. The summed E-state index contributed by atoms with van der Waals surface area (Å²) in [6, 6.07) is 13.9. The number of carbonyl (C=O) groups is 1. The van der Waals surface area contributed by atoms with Crippen LogP contribution >= 0.6 is 12.0 Å². The number of rotatable bonds is 6. The predicted octanol–water partition coefficient (Wildman–Crippen LogP) is 10.0. The Morgan fingerprint density at radius 3 is 2.02 bits per heavy atom. The first-order chi connectivity index (χ1) is 21.5. The third kappa shape index (κ3) is 6.79. The molecule has 13 heteroatoms. The summed E-state index contributed by atoms with van der Waals surface area (Å²) >= 11 is 0.328. The fourth-order valence-corrected chi connectivity index (χ4v) is 5.51. The number of fused-ring (bicyclic) bond motifs is 1. The molecule has 0 amide bonds. The van der Waals surface area contributed by atoms with Crippen molar-refractivity contribution in [2.45, 2.75) is 49.8 Å². The molecule has 0 saturated heterocycles. The van der Waals surface area contributed by atoms with Crippen molar-refractivity contribution in [1.29, 1.82) is 0 Å². The second kappa shape index (κ2) is 12.5. The lowest BCUT2D eigenvalue weighted by molar-refractivity contribution is -0.137. The monoisotopic (exact) mass is 668 g/mol. The highest BCUT2D eigenvalue weighted by Crippen LogP contribution is 2.45. The molecule has 1 heterocycles. The number of ether oxygens (including phenoxy) is 2. The molecular weight excluding hydrogens is 644 g/mol. The Kier molecular flexibility index (Phi) is 9.00. The fourth-order valence-electron chi connectivity index (χ4n) is 4.90. The minimum absolute atomic E-state index is 0.155. The van der Waals surface area contributed by atoms with E-state index in [1.54, 1.807) is 26.8 Å². The first-order valence-corrected chi connectivity index (χ1v) is 14.5. The molecule has 4 aromatic carbocycles. The van der Waals surface area contributed by atoms with Gasteiger partial charge in [0, 0.05) is 11.5 Å². The fraction of sp³-hybridized carbons (Fsp3) is 0.242. The maximum absolute atomic E-state index is 14.0. The highest BCUT2D eigenvalue weighted by molar-refractivity contribution is 7.95. The molecule has 5 rings (SSSR count). The molecule has 0 radical (unpaired) electrons. The lowest BCUT2D eigenvalue weighted by atomic mass is 9.82. The number of alkyl halides is 3. The van der Waals surface area contributed by atoms with E-state index in [-0.39, 0.29) is 28.4 Å². The van der Waals surface area contributed by atoms with Crippen LogP contribution in [0.2, 0.25) is 0 Å². The third-order valence-electron chi connectivity index (χ3n) is 7.00. The van der Waals surface area contributed by atoms with Gasteiger partial charge in [-0.15, -0.1) is 0 Å². The van der Waals surface area contributed by atoms with Gasteiger partial charge in [0.25, 0.3) is 0 Å². The molecule has 242 valence electrons. The minimum Gasteiger partial charge on any atom is -0.493 e. The molecule has 1 atom stereocenters. The van der Waals surface area contributed by atoms with Crippen LogP contribution in [0.1, 0.15) is 60.2 Å². The standard InChI is InChI=1S/C33H24F8O4S/c1-32(2,3)44-31(42)17-6-4-16(5-7-17)23-14-18(33(39,40)41)8-10-20(23)21-12-13-43-24-15-19(9-11-22(21)24)46-45-30-28(37)26(35)25(34)27(36)29(30)38/h4-11,14-15,21H,12-13H2,1-3H3. The molecule has 46 heavy (non-hydrogen) atoms. The van der Waals surface area contributed by atoms with E-state index in [0.29, 0.717) is 35.2 Å². The van der Waals surface area contributed by atoms with Gasteiger partial charge in [-0.25, -0.2) is 18.0 Å². The molecule has 0 spiro atoms. The Morgan fingerprint density at radius 2 is 1.41 bits per heavy atom.